The number of hydrogen-bond acceptors (Lipinski definition) is 3. The summed E-state index contributed by atoms with van der Waals surface area (Å²) in [6, 6.07) is 8.16. The van der Waals surface area contributed by atoms with Crippen molar-refractivity contribution in [1.82, 2.24) is 0 Å². The summed E-state index contributed by atoms with van der Waals surface area (Å²) < 4.78 is 9.00. The monoisotopic (exact) mass is 450 g/mol. The van der Waals surface area contributed by atoms with Crippen molar-refractivity contribution in [2.75, 3.05) is 7.11 Å². The van der Waals surface area contributed by atoms with Gasteiger partial charge in [-0.1, -0.05) is 27.5 Å². The third kappa shape index (κ3) is 2.66. The van der Waals surface area contributed by atoms with E-state index in [1.165, 1.54) is 14.3 Å². The molecule has 1 unspecified atom stereocenters. The first kappa shape index (κ1) is 14.9. The Morgan fingerprint density at radius 2 is 2.05 bits per heavy atom. The Morgan fingerprint density at radius 3 is 2.75 bits per heavy atom. The van der Waals surface area contributed by atoms with Crippen LogP contribution in [0.1, 0.15) is 15.3 Å². The second-order valence-electron chi connectivity index (χ2n) is 4.17. The Kier molecular flexibility index (Phi) is 4.43. The average molecular weight is 453 g/mol. The topological polar surface area (TPSA) is 9.23 Å². The van der Waals surface area contributed by atoms with Crippen LogP contribution >= 0.6 is 66.1 Å². The lowest BCUT2D eigenvalue weighted by molar-refractivity contribution is 0.408. The maximum Gasteiger partial charge on any atom is 0.137 e. The van der Waals surface area contributed by atoms with E-state index in [1.54, 1.807) is 29.8 Å². The second-order valence-corrected chi connectivity index (χ2v) is 8.44. The minimum absolute atomic E-state index is 0.0667. The second kappa shape index (κ2) is 5.97. The Balaban J connectivity index is 2.09. The van der Waals surface area contributed by atoms with Gasteiger partial charge in [-0.3, -0.25) is 0 Å². The molecule has 0 N–H and O–H groups in total. The summed E-state index contributed by atoms with van der Waals surface area (Å²) in [4.78, 5) is 1.32. The van der Waals surface area contributed by atoms with Gasteiger partial charge in [-0.15, -0.1) is 22.7 Å². The molecular formula is C14H9Br2ClOS2. The number of halogens is 3. The molecule has 0 radical (unpaired) electrons. The summed E-state index contributed by atoms with van der Waals surface area (Å²) in [5.41, 5.74) is 1.03. The first-order valence-electron chi connectivity index (χ1n) is 5.74. The van der Waals surface area contributed by atoms with Gasteiger partial charge < -0.3 is 4.74 Å². The third-order valence-corrected chi connectivity index (χ3v) is 7.18. The van der Waals surface area contributed by atoms with Crippen LogP contribution in [-0.4, -0.2) is 7.11 Å². The van der Waals surface area contributed by atoms with E-state index in [0.29, 0.717) is 5.02 Å². The zero-order chi connectivity index (χ0) is 14.3. The number of benzene rings is 1. The van der Waals surface area contributed by atoms with E-state index in [4.69, 9.17) is 16.3 Å². The fraction of sp³-hybridized carbons (Fsp3) is 0.143. The molecule has 3 aromatic rings. The van der Waals surface area contributed by atoms with Crippen molar-refractivity contribution in [3.63, 3.8) is 0 Å². The highest BCUT2D eigenvalue weighted by atomic mass is 79.9. The number of ether oxygens (including phenoxy) is 1. The van der Waals surface area contributed by atoms with Gasteiger partial charge in [0.2, 0.25) is 0 Å². The van der Waals surface area contributed by atoms with Crippen molar-refractivity contribution in [3.05, 3.63) is 49.6 Å². The highest BCUT2D eigenvalue weighted by Crippen LogP contribution is 2.45. The lowest BCUT2D eigenvalue weighted by Crippen LogP contribution is -1.96. The zero-order valence-corrected chi connectivity index (χ0v) is 15.9. The molecule has 2 aromatic heterocycles. The van der Waals surface area contributed by atoms with E-state index in [2.05, 4.69) is 49.4 Å². The van der Waals surface area contributed by atoms with Gasteiger partial charge in [-0.2, -0.15) is 0 Å². The SMILES string of the molecule is COc1c(Br)cc(Cl)cc1C(Br)c1cc2sccc2s1. The van der Waals surface area contributed by atoms with Crippen LogP contribution < -0.4 is 4.74 Å². The molecular weight excluding hydrogens is 444 g/mol. The standard InChI is InChI=1S/C14H9Br2ClOS2/c1-18-14-8(4-7(17)5-9(14)15)13(16)12-6-11-10(20-12)2-3-19-11/h2-6,13H,1H3. The molecule has 0 aliphatic rings. The number of rotatable bonds is 3. The zero-order valence-electron chi connectivity index (χ0n) is 10.3. The highest BCUT2D eigenvalue weighted by molar-refractivity contribution is 9.10. The molecule has 3 rings (SSSR count). The van der Waals surface area contributed by atoms with Crippen molar-refractivity contribution >= 4 is 75.5 Å². The van der Waals surface area contributed by atoms with E-state index >= 15 is 0 Å². The van der Waals surface area contributed by atoms with Gasteiger partial charge in [0.15, 0.2) is 0 Å². The summed E-state index contributed by atoms with van der Waals surface area (Å²) in [6.45, 7) is 0. The quantitative estimate of drug-likeness (QED) is 0.394. The molecule has 0 fully saturated rings. The Morgan fingerprint density at radius 1 is 1.25 bits per heavy atom. The highest BCUT2D eigenvalue weighted by Gasteiger charge is 2.20. The third-order valence-electron chi connectivity index (χ3n) is 2.92. The first-order chi connectivity index (χ1) is 9.60. The largest absolute Gasteiger partial charge is 0.495 e. The van der Waals surface area contributed by atoms with E-state index < -0.39 is 0 Å². The molecule has 104 valence electrons. The molecule has 0 spiro atoms. The summed E-state index contributed by atoms with van der Waals surface area (Å²) in [5, 5.41) is 2.81. The van der Waals surface area contributed by atoms with E-state index in [-0.39, 0.29) is 4.83 Å². The Labute approximate surface area is 146 Å². The van der Waals surface area contributed by atoms with Crippen LogP contribution in [0.15, 0.2) is 34.1 Å². The van der Waals surface area contributed by atoms with Crippen molar-refractivity contribution in [2.45, 2.75) is 4.83 Å². The number of fused-ring (bicyclic) bond motifs is 1. The van der Waals surface area contributed by atoms with Gasteiger partial charge in [0.05, 0.1) is 16.4 Å². The van der Waals surface area contributed by atoms with Gasteiger partial charge >= 0.3 is 0 Å². The predicted molar refractivity (Wildman–Crippen MR) is 96.2 cm³/mol. The minimum atomic E-state index is 0.0667. The van der Waals surface area contributed by atoms with Gasteiger partial charge in [0, 0.05) is 24.9 Å². The van der Waals surface area contributed by atoms with Crippen LogP contribution in [0.5, 0.6) is 5.75 Å². The molecule has 1 atom stereocenters. The van der Waals surface area contributed by atoms with Crippen LogP contribution in [0.4, 0.5) is 0 Å². The van der Waals surface area contributed by atoms with E-state index in [9.17, 15) is 0 Å². The molecule has 0 amide bonds. The number of methoxy groups -OCH3 is 1. The van der Waals surface area contributed by atoms with Gasteiger partial charge in [0.25, 0.3) is 0 Å². The van der Waals surface area contributed by atoms with E-state index in [0.717, 1.165) is 15.8 Å². The molecule has 2 heterocycles. The van der Waals surface area contributed by atoms with Crippen molar-refractivity contribution in [3.8, 4) is 5.75 Å². The summed E-state index contributed by atoms with van der Waals surface area (Å²) in [7, 11) is 1.67. The minimum Gasteiger partial charge on any atom is -0.495 e. The van der Waals surface area contributed by atoms with Crippen LogP contribution in [-0.2, 0) is 0 Å². The Bertz CT molecular complexity index is 737. The molecule has 1 nitrogen and oxygen atoms in total. The molecule has 0 aliphatic heterocycles. The van der Waals surface area contributed by atoms with Gasteiger partial charge in [0.1, 0.15) is 5.75 Å². The van der Waals surface area contributed by atoms with Gasteiger partial charge in [-0.25, -0.2) is 0 Å². The number of thiophene rings is 2. The molecule has 0 bridgehead atoms. The van der Waals surface area contributed by atoms with Crippen LogP contribution in [0.3, 0.4) is 0 Å². The summed E-state index contributed by atoms with van der Waals surface area (Å²) in [5.74, 6) is 0.813. The van der Waals surface area contributed by atoms with Crippen molar-refractivity contribution < 1.29 is 4.74 Å². The van der Waals surface area contributed by atoms with Crippen LogP contribution in [0.25, 0.3) is 9.40 Å². The smallest absolute Gasteiger partial charge is 0.137 e. The number of hydrogen-bond donors (Lipinski definition) is 0. The first-order valence-corrected chi connectivity index (χ1v) is 9.52. The maximum absolute atomic E-state index is 6.17. The summed E-state index contributed by atoms with van der Waals surface area (Å²) >= 11 is 17.0. The van der Waals surface area contributed by atoms with Crippen LogP contribution in [0.2, 0.25) is 5.02 Å². The average Bonchev–Trinajstić information content (AvgIpc) is 2.97. The number of alkyl halides is 1. The molecule has 6 heteroatoms. The van der Waals surface area contributed by atoms with Crippen molar-refractivity contribution in [2.24, 2.45) is 0 Å². The van der Waals surface area contributed by atoms with Crippen molar-refractivity contribution in [1.29, 1.82) is 0 Å². The Hall–Kier alpha value is -0.0700. The van der Waals surface area contributed by atoms with Gasteiger partial charge in [-0.05, 0) is 45.6 Å². The predicted octanol–water partition coefficient (Wildman–Crippen LogP) is 6.87. The lowest BCUT2D eigenvalue weighted by Gasteiger charge is -2.15. The molecule has 0 saturated carbocycles. The maximum atomic E-state index is 6.17. The molecule has 0 saturated heterocycles. The molecule has 0 aliphatic carbocycles. The fourth-order valence-corrected chi connectivity index (χ4v) is 5.91. The van der Waals surface area contributed by atoms with E-state index in [1.807, 2.05) is 12.1 Å². The molecule has 1 aromatic carbocycles. The fourth-order valence-electron chi connectivity index (χ4n) is 2.05. The normalized spacial score (nSPS) is 12.8. The van der Waals surface area contributed by atoms with Crippen LogP contribution in [0, 0.1) is 0 Å². The lowest BCUT2D eigenvalue weighted by atomic mass is 10.1. The molecule has 20 heavy (non-hydrogen) atoms. The summed E-state index contributed by atoms with van der Waals surface area (Å²) in [6.07, 6.45) is 0.